The Morgan fingerprint density at radius 2 is 1.53 bits per heavy atom. The first kappa shape index (κ1) is 26.0. The Labute approximate surface area is 212 Å². The number of hydrogen-bond donors (Lipinski definition) is 0. The van der Waals surface area contributed by atoms with Gasteiger partial charge in [-0.2, -0.15) is 4.31 Å². The van der Waals surface area contributed by atoms with Crippen LogP contribution in [0.3, 0.4) is 0 Å². The molecule has 2 fully saturated rings. The second-order valence-electron chi connectivity index (χ2n) is 8.72. The van der Waals surface area contributed by atoms with E-state index < -0.39 is 10.0 Å². The number of nitrogens with zero attached hydrogens (tertiary/aromatic N) is 3. The summed E-state index contributed by atoms with van der Waals surface area (Å²) in [6, 6.07) is 11.7. The van der Waals surface area contributed by atoms with Gasteiger partial charge in [-0.1, -0.05) is 0 Å². The molecule has 0 aliphatic carbocycles. The lowest BCUT2D eigenvalue weighted by molar-refractivity contribution is -0.119. The molecule has 2 amide bonds. The molecule has 194 valence electrons. The van der Waals surface area contributed by atoms with E-state index in [1.807, 2.05) is 13.8 Å². The molecule has 2 saturated heterocycles. The van der Waals surface area contributed by atoms with Crippen molar-refractivity contribution < 1.29 is 27.5 Å². The van der Waals surface area contributed by atoms with Crippen molar-refractivity contribution in [3.63, 3.8) is 0 Å². The predicted octanol–water partition coefficient (Wildman–Crippen LogP) is 3.15. The number of benzene rings is 2. The maximum atomic E-state index is 13.3. The number of piperazine rings is 1. The number of sulfonamides is 1. The third-order valence-corrected chi connectivity index (χ3v) is 8.32. The van der Waals surface area contributed by atoms with Crippen LogP contribution >= 0.6 is 0 Å². The number of anilines is 1. The van der Waals surface area contributed by atoms with E-state index in [2.05, 4.69) is 0 Å². The van der Waals surface area contributed by atoms with Gasteiger partial charge in [-0.05, 0) is 63.1 Å². The van der Waals surface area contributed by atoms with Crippen LogP contribution in [0.15, 0.2) is 47.4 Å². The molecule has 0 atom stereocenters. The summed E-state index contributed by atoms with van der Waals surface area (Å²) in [6.07, 6.45) is 2.44. The van der Waals surface area contributed by atoms with Gasteiger partial charge in [0, 0.05) is 56.5 Å². The Morgan fingerprint density at radius 3 is 2.17 bits per heavy atom. The van der Waals surface area contributed by atoms with Crippen LogP contribution in [0.5, 0.6) is 11.5 Å². The van der Waals surface area contributed by atoms with Crippen molar-refractivity contribution in [1.82, 2.24) is 9.21 Å². The number of hydrogen-bond acceptors (Lipinski definition) is 6. The minimum atomic E-state index is -3.75. The van der Waals surface area contributed by atoms with Gasteiger partial charge in [-0.25, -0.2) is 8.42 Å². The van der Waals surface area contributed by atoms with Crippen molar-refractivity contribution in [2.75, 3.05) is 50.8 Å². The molecule has 10 heteroatoms. The van der Waals surface area contributed by atoms with Gasteiger partial charge in [0.1, 0.15) is 0 Å². The zero-order valence-corrected chi connectivity index (χ0v) is 21.6. The molecule has 0 spiro atoms. The third-order valence-electron chi connectivity index (χ3n) is 6.43. The van der Waals surface area contributed by atoms with Gasteiger partial charge in [0.15, 0.2) is 11.5 Å². The predicted molar refractivity (Wildman–Crippen MR) is 136 cm³/mol. The second kappa shape index (κ2) is 11.3. The quantitative estimate of drug-likeness (QED) is 0.536. The van der Waals surface area contributed by atoms with E-state index in [1.165, 1.54) is 16.4 Å². The molecule has 2 aromatic rings. The van der Waals surface area contributed by atoms with Crippen molar-refractivity contribution in [3.05, 3.63) is 48.0 Å². The SMILES string of the molecule is CCOc1ccc(S(=O)(=O)N2CCN(C(=O)c3ccc(N4CCCCC4=O)cc3)CC2)cc1OCC. The highest BCUT2D eigenvalue weighted by Crippen LogP contribution is 2.32. The van der Waals surface area contributed by atoms with Gasteiger partial charge in [0.2, 0.25) is 15.9 Å². The molecule has 4 rings (SSSR count). The van der Waals surface area contributed by atoms with Crippen LogP contribution in [0.2, 0.25) is 0 Å². The van der Waals surface area contributed by atoms with E-state index in [9.17, 15) is 18.0 Å². The average molecular weight is 516 g/mol. The lowest BCUT2D eigenvalue weighted by Gasteiger charge is -2.34. The fourth-order valence-electron chi connectivity index (χ4n) is 4.52. The Bertz CT molecular complexity index is 1190. The zero-order chi connectivity index (χ0) is 25.7. The average Bonchev–Trinajstić information content (AvgIpc) is 2.90. The Morgan fingerprint density at radius 1 is 0.861 bits per heavy atom. The maximum absolute atomic E-state index is 13.3. The summed E-state index contributed by atoms with van der Waals surface area (Å²) in [5, 5.41) is 0. The van der Waals surface area contributed by atoms with Gasteiger partial charge in [-0.3, -0.25) is 9.59 Å². The van der Waals surface area contributed by atoms with Crippen LogP contribution in [0.1, 0.15) is 43.5 Å². The smallest absolute Gasteiger partial charge is 0.253 e. The standard InChI is InChI=1S/C26H33N3O6S/c1-3-34-23-13-12-22(19-24(23)35-4-2)36(32,33)28-17-15-27(16-18-28)26(31)20-8-10-21(11-9-20)29-14-6-5-7-25(29)30/h8-13,19H,3-7,14-18H2,1-2H3. The summed E-state index contributed by atoms with van der Waals surface area (Å²) in [7, 11) is -3.75. The van der Waals surface area contributed by atoms with Crippen LogP contribution in [-0.2, 0) is 14.8 Å². The van der Waals surface area contributed by atoms with Crippen LogP contribution in [0, 0.1) is 0 Å². The highest BCUT2D eigenvalue weighted by molar-refractivity contribution is 7.89. The fraction of sp³-hybridized carbons (Fsp3) is 0.462. The van der Waals surface area contributed by atoms with Crippen LogP contribution in [-0.4, -0.2) is 75.4 Å². The molecule has 0 unspecified atom stereocenters. The molecule has 36 heavy (non-hydrogen) atoms. The van der Waals surface area contributed by atoms with Gasteiger partial charge < -0.3 is 19.3 Å². The molecule has 9 nitrogen and oxygen atoms in total. The summed E-state index contributed by atoms with van der Waals surface area (Å²) in [4.78, 5) is 28.8. The molecule has 0 radical (unpaired) electrons. The molecular weight excluding hydrogens is 482 g/mol. The maximum Gasteiger partial charge on any atom is 0.253 e. The zero-order valence-electron chi connectivity index (χ0n) is 20.8. The molecule has 2 heterocycles. The summed E-state index contributed by atoms with van der Waals surface area (Å²) in [5.41, 5.74) is 1.32. The minimum absolute atomic E-state index is 0.110. The molecule has 0 bridgehead atoms. The van der Waals surface area contributed by atoms with Crippen molar-refractivity contribution in [2.24, 2.45) is 0 Å². The number of carbonyl (C=O) groups is 2. The molecule has 0 saturated carbocycles. The van der Waals surface area contributed by atoms with Crippen molar-refractivity contribution in [1.29, 1.82) is 0 Å². The highest BCUT2D eigenvalue weighted by atomic mass is 32.2. The lowest BCUT2D eigenvalue weighted by atomic mass is 10.1. The lowest BCUT2D eigenvalue weighted by Crippen LogP contribution is -2.50. The molecule has 2 aromatic carbocycles. The summed E-state index contributed by atoms with van der Waals surface area (Å²) in [6.45, 7) is 6.19. The van der Waals surface area contributed by atoms with E-state index in [4.69, 9.17) is 9.47 Å². The first-order valence-electron chi connectivity index (χ1n) is 12.4. The second-order valence-corrected chi connectivity index (χ2v) is 10.7. The summed E-state index contributed by atoms with van der Waals surface area (Å²) in [5.74, 6) is 0.857. The van der Waals surface area contributed by atoms with Crippen LogP contribution < -0.4 is 14.4 Å². The Kier molecular flexibility index (Phi) is 8.15. The topological polar surface area (TPSA) is 96.5 Å². The summed E-state index contributed by atoms with van der Waals surface area (Å²) < 4.78 is 39.0. The number of amides is 2. The van der Waals surface area contributed by atoms with Crippen molar-refractivity contribution in [3.8, 4) is 11.5 Å². The summed E-state index contributed by atoms with van der Waals surface area (Å²) >= 11 is 0. The largest absolute Gasteiger partial charge is 0.490 e. The molecule has 2 aliphatic rings. The number of rotatable bonds is 8. The molecule has 0 aromatic heterocycles. The normalized spacial score (nSPS) is 17.2. The van der Waals surface area contributed by atoms with Gasteiger partial charge in [0.25, 0.3) is 5.91 Å². The highest BCUT2D eigenvalue weighted by Gasteiger charge is 2.31. The Balaban J connectivity index is 1.40. The molecule has 2 aliphatic heterocycles. The van der Waals surface area contributed by atoms with Gasteiger partial charge in [0.05, 0.1) is 18.1 Å². The van der Waals surface area contributed by atoms with Crippen LogP contribution in [0.4, 0.5) is 5.69 Å². The van der Waals surface area contributed by atoms with Crippen molar-refractivity contribution >= 4 is 27.5 Å². The van der Waals surface area contributed by atoms with E-state index in [1.54, 1.807) is 40.1 Å². The van der Waals surface area contributed by atoms with E-state index in [-0.39, 0.29) is 29.8 Å². The van der Waals surface area contributed by atoms with Gasteiger partial charge >= 0.3 is 0 Å². The molecule has 0 N–H and O–H groups in total. The minimum Gasteiger partial charge on any atom is -0.490 e. The van der Waals surface area contributed by atoms with Crippen LogP contribution in [0.25, 0.3) is 0 Å². The van der Waals surface area contributed by atoms with Crippen molar-refractivity contribution in [2.45, 2.75) is 38.0 Å². The van der Waals surface area contributed by atoms with E-state index >= 15 is 0 Å². The number of ether oxygens (including phenoxy) is 2. The first-order chi connectivity index (χ1) is 17.3. The Hall–Kier alpha value is -3.11. The molecular formula is C26H33N3O6S. The third kappa shape index (κ3) is 5.49. The van der Waals surface area contributed by atoms with E-state index in [0.717, 1.165) is 18.5 Å². The number of carbonyl (C=O) groups excluding carboxylic acids is 2. The monoisotopic (exact) mass is 515 g/mol. The van der Waals surface area contributed by atoms with E-state index in [0.29, 0.717) is 56.3 Å². The number of piperidine rings is 1. The fourth-order valence-corrected chi connectivity index (χ4v) is 5.96. The van der Waals surface area contributed by atoms with Gasteiger partial charge in [-0.15, -0.1) is 0 Å². The first-order valence-corrected chi connectivity index (χ1v) is 13.9.